The van der Waals surface area contributed by atoms with E-state index in [1.807, 2.05) is 11.3 Å². The number of benzene rings is 10. The monoisotopic (exact) mass is 886 g/mol. The summed E-state index contributed by atoms with van der Waals surface area (Å²) in [5, 5.41) is 8.89. The van der Waals surface area contributed by atoms with E-state index < -0.39 is 6.17 Å². The number of nitrogens with zero attached hydrogens (tertiary/aromatic N) is 3. The lowest BCUT2D eigenvalue weighted by atomic mass is 9.92. The molecule has 4 nitrogen and oxygen atoms in total. The summed E-state index contributed by atoms with van der Waals surface area (Å²) in [6.45, 7) is 0. The molecule has 0 saturated carbocycles. The molecule has 0 bridgehead atoms. The maximum atomic E-state index is 5.43. The topological polar surface area (TPSA) is 41.7 Å². The van der Waals surface area contributed by atoms with E-state index in [2.05, 4.69) is 253 Å². The normalized spacial score (nSPS) is 13.7. The van der Waals surface area contributed by atoms with Gasteiger partial charge in [0.15, 0.2) is 5.84 Å². The first kappa shape index (κ1) is 39.7. The van der Waals surface area contributed by atoms with Crippen molar-refractivity contribution in [3.05, 3.63) is 259 Å². The first-order valence-electron chi connectivity index (χ1n) is 23.1. The van der Waals surface area contributed by atoms with E-state index in [1.165, 1.54) is 47.6 Å². The summed E-state index contributed by atoms with van der Waals surface area (Å²) < 4.78 is 5.08. The molecule has 3 heterocycles. The van der Waals surface area contributed by atoms with E-state index >= 15 is 0 Å². The van der Waals surface area contributed by atoms with Gasteiger partial charge in [0.25, 0.3) is 0 Å². The van der Waals surface area contributed by atoms with Gasteiger partial charge >= 0.3 is 0 Å². The second-order valence-electron chi connectivity index (χ2n) is 17.4. The molecule has 320 valence electrons. The van der Waals surface area contributed by atoms with Crippen molar-refractivity contribution in [2.24, 2.45) is 9.98 Å². The van der Waals surface area contributed by atoms with Crippen LogP contribution in [0.5, 0.6) is 0 Å². The van der Waals surface area contributed by atoms with E-state index in [1.54, 1.807) is 0 Å². The van der Waals surface area contributed by atoms with Crippen LogP contribution in [0.2, 0.25) is 0 Å². The summed E-state index contributed by atoms with van der Waals surface area (Å²) in [7, 11) is 0. The van der Waals surface area contributed by atoms with Crippen LogP contribution < -0.4 is 5.32 Å². The highest BCUT2D eigenvalue weighted by molar-refractivity contribution is 7.25. The van der Waals surface area contributed by atoms with Crippen LogP contribution in [-0.4, -0.2) is 16.2 Å². The minimum absolute atomic E-state index is 0.391. The number of thiophene rings is 1. The van der Waals surface area contributed by atoms with Crippen LogP contribution in [0.3, 0.4) is 0 Å². The molecule has 13 rings (SSSR count). The van der Waals surface area contributed by atoms with Crippen LogP contribution in [0, 0.1) is 0 Å². The molecule has 1 atom stereocenters. The minimum Gasteiger partial charge on any atom is -0.344 e. The van der Waals surface area contributed by atoms with Crippen LogP contribution in [0.4, 0.5) is 0 Å². The van der Waals surface area contributed by atoms with Crippen molar-refractivity contribution in [1.82, 2.24) is 9.88 Å². The predicted octanol–water partition coefficient (Wildman–Crippen LogP) is 16.3. The minimum atomic E-state index is -0.391. The third-order valence-corrected chi connectivity index (χ3v) is 14.4. The molecule has 0 spiro atoms. The van der Waals surface area contributed by atoms with Gasteiger partial charge in [-0.1, -0.05) is 206 Å². The van der Waals surface area contributed by atoms with Gasteiger partial charge in [0.1, 0.15) is 12.0 Å². The Kier molecular flexibility index (Phi) is 9.73. The van der Waals surface area contributed by atoms with Crippen LogP contribution in [0.1, 0.15) is 22.9 Å². The predicted molar refractivity (Wildman–Crippen MR) is 287 cm³/mol. The van der Waals surface area contributed by atoms with Crippen molar-refractivity contribution in [2.45, 2.75) is 6.17 Å². The van der Waals surface area contributed by atoms with Crippen LogP contribution in [-0.2, 0) is 0 Å². The SMILES string of the molecule is c1ccc(-c2ccc(C3=NC(c4ccc(-c5ccccc5)cc4)NC(c4cc(-c5ccccc5)c(-n5c6ccccc6c6cc7c(cc65)sc5ccccc57)c(-c5ccccc5)c4)=N3)cc2)cc1. The molecule has 0 aliphatic carbocycles. The molecule has 0 amide bonds. The van der Waals surface area contributed by atoms with Gasteiger partial charge in [0.2, 0.25) is 0 Å². The number of rotatable bonds is 8. The third-order valence-electron chi connectivity index (χ3n) is 13.3. The number of aromatic nitrogens is 1. The van der Waals surface area contributed by atoms with Gasteiger partial charge in [0, 0.05) is 53.2 Å². The molecule has 1 unspecified atom stereocenters. The van der Waals surface area contributed by atoms with Gasteiger partial charge in [0.05, 0.1) is 16.7 Å². The van der Waals surface area contributed by atoms with Gasteiger partial charge in [-0.25, -0.2) is 9.98 Å². The number of fused-ring (bicyclic) bond motifs is 6. The zero-order valence-electron chi connectivity index (χ0n) is 36.9. The molecule has 10 aromatic carbocycles. The summed E-state index contributed by atoms with van der Waals surface area (Å²) in [5.74, 6) is 1.44. The Hall–Kier alpha value is -8.64. The van der Waals surface area contributed by atoms with E-state index in [0.717, 1.165) is 67.1 Å². The van der Waals surface area contributed by atoms with E-state index in [0.29, 0.717) is 5.84 Å². The molecule has 2 aromatic heterocycles. The lowest BCUT2D eigenvalue weighted by Crippen LogP contribution is -2.33. The quantitative estimate of drug-likeness (QED) is 0.162. The molecule has 12 aromatic rings. The average Bonchev–Trinajstić information content (AvgIpc) is 3.95. The zero-order valence-corrected chi connectivity index (χ0v) is 37.7. The summed E-state index contributed by atoms with van der Waals surface area (Å²) >= 11 is 1.86. The smallest absolute Gasteiger partial charge is 0.159 e. The molecule has 1 aliphatic heterocycles. The van der Waals surface area contributed by atoms with Crippen molar-refractivity contribution < 1.29 is 0 Å². The molecular weight excluding hydrogens is 845 g/mol. The molecule has 5 heteroatoms. The first-order chi connectivity index (χ1) is 33.7. The van der Waals surface area contributed by atoms with Crippen molar-refractivity contribution in [3.8, 4) is 50.2 Å². The Labute approximate surface area is 398 Å². The van der Waals surface area contributed by atoms with E-state index in [4.69, 9.17) is 9.98 Å². The maximum absolute atomic E-state index is 5.43. The molecule has 0 fully saturated rings. The molecule has 0 radical (unpaired) electrons. The largest absolute Gasteiger partial charge is 0.344 e. The standard InChI is InChI=1S/C63H42N4S/c1-5-17-41(18-6-1)43-29-33-47(34-30-43)61-64-62(48-35-31-44(32-36-48)42-19-7-2-8-20-42)66-63(65-61)49-37-52(45-21-9-3-10-22-45)60(53(38-49)46-23-11-4-12-24-46)67-56-27-15-13-25-50(56)54-39-55-51-26-14-16-28-58(51)68-59(55)40-57(54)67/h1-40,61H,(H,64,65,66). The molecule has 0 saturated heterocycles. The van der Waals surface area contributed by atoms with Crippen LogP contribution in [0.25, 0.3) is 92.2 Å². The Morgan fingerprint density at radius 3 is 1.49 bits per heavy atom. The fourth-order valence-electron chi connectivity index (χ4n) is 9.94. The average molecular weight is 887 g/mol. The highest BCUT2D eigenvalue weighted by atomic mass is 32.1. The number of aliphatic imine (C=N–C) groups is 2. The Balaban J connectivity index is 1.04. The number of nitrogens with one attached hydrogen (secondary N) is 1. The van der Waals surface area contributed by atoms with Crippen molar-refractivity contribution in [3.63, 3.8) is 0 Å². The second-order valence-corrected chi connectivity index (χ2v) is 18.4. The van der Waals surface area contributed by atoms with Gasteiger partial charge in [-0.3, -0.25) is 0 Å². The van der Waals surface area contributed by atoms with E-state index in [9.17, 15) is 0 Å². The number of para-hydroxylation sites is 1. The van der Waals surface area contributed by atoms with Gasteiger partial charge in [-0.15, -0.1) is 11.3 Å². The van der Waals surface area contributed by atoms with Gasteiger partial charge in [-0.2, -0.15) is 0 Å². The molecule has 68 heavy (non-hydrogen) atoms. The lowest BCUT2D eigenvalue weighted by molar-refractivity contribution is 0.674. The Morgan fingerprint density at radius 1 is 0.368 bits per heavy atom. The maximum Gasteiger partial charge on any atom is 0.159 e. The first-order valence-corrected chi connectivity index (χ1v) is 23.9. The van der Waals surface area contributed by atoms with Crippen molar-refractivity contribution >= 4 is 65.0 Å². The van der Waals surface area contributed by atoms with Crippen molar-refractivity contribution in [2.75, 3.05) is 0 Å². The van der Waals surface area contributed by atoms with Crippen LogP contribution >= 0.6 is 11.3 Å². The molecule has 1 N–H and O–H groups in total. The van der Waals surface area contributed by atoms with Gasteiger partial charge in [-0.05, 0) is 75.3 Å². The number of hydrogen-bond donors (Lipinski definition) is 1. The van der Waals surface area contributed by atoms with Crippen LogP contribution in [0.15, 0.2) is 253 Å². The summed E-state index contributed by atoms with van der Waals surface area (Å²) in [6, 6.07) is 87.2. The zero-order chi connectivity index (χ0) is 45.0. The second kappa shape index (κ2) is 16.7. The van der Waals surface area contributed by atoms with E-state index in [-0.39, 0.29) is 0 Å². The number of hydrogen-bond acceptors (Lipinski definition) is 4. The lowest BCUT2D eigenvalue weighted by Gasteiger charge is -2.26. The molecule has 1 aliphatic rings. The van der Waals surface area contributed by atoms with Gasteiger partial charge < -0.3 is 9.88 Å². The highest BCUT2D eigenvalue weighted by Gasteiger charge is 2.26. The highest BCUT2D eigenvalue weighted by Crippen LogP contribution is 2.45. The molecular formula is C63H42N4S. The summed E-state index contributed by atoms with van der Waals surface area (Å²) in [6.07, 6.45) is -0.391. The Morgan fingerprint density at radius 2 is 0.868 bits per heavy atom. The fourth-order valence-corrected chi connectivity index (χ4v) is 11.1. The summed E-state index contributed by atoms with van der Waals surface area (Å²) in [4.78, 5) is 10.8. The fraction of sp³-hybridized carbons (Fsp3) is 0.0159. The summed E-state index contributed by atoms with van der Waals surface area (Å²) in [5.41, 5.74) is 15.5. The number of amidine groups is 2. The van der Waals surface area contributed by atoms with Crippen molar-refractivity contribution in [1.29, 1.82) is 0 Å². The Bertz CT molecular complexity index is 3830. The third kappa shape index (κ3) is 7.00.